The molecule has 0 saturated carbocycles. The van der Waals surface area contributed by atoms with Crippen molar-refractivity contribution in [2.75, 3.05) is 0 Å². The zero-order valence-corrected chi connectivity index (χ0v) is 27.1. The molecule has 1 fully saturated rings. The van der Waals surface area contributed by atoms with E-state index in [1.165, 1.54) is 21.5 Å². The van der Waals surface area contributed by atoms with Gasteiger partial charge in [0.25, 0.3) is 0 Å². The third-order valence-electron chi connectivity index (χ3n) is 9.73. The Labute approximate surface area is 276 Å². The topological polar surface area (TPSA) is 44.2 Å². The number of fused-ring (bicyclic) bond motifs is 2. The molecule has 0 amide bonds. The van der Waals surface area contributed by atoms with Crippen LogP contribution < -0.4 is 5.46 Å². The van der Waals surface area contributed by atoms with Crippen LogP contribution in [0.5, 0.6) is 0 Å². The van der Waals surface area contributed by atoms with E-state index in [9.17, 15) is 0 Å². The van der Waals surface area contributed by atoms with Gasteiger partial charge in [0.1, 0.15) is 0 Å². The lowest BCUT2D eigenvalue weighted by molar-refractivity contribution is 0.00578. The van der Waals surface area contributed by atoms with E-state index in [0.29, 0.717) is 5.82 Å². The zero-order chi connectivity index (χ0) is 32.2. The number of hydrogen-bond acceptors (Lipinski definition) is 4. The van der Waals surface area contributed by atoms with Crippen molar-refractivity contribution in [2.24, 2.45) is 0 Å². The van der Waals surface area contributed by atoms with Gasteiger partial charge < -0.3 is 9.31 Å². The first kappa shape index (κ1) is 29.3. The molecule has 1 aromatic heterocycles. The first-order valence-corrected chi connectivity index (χ1v) is 16.2. The van der Waals surface area contributed by atoms with Gasteiger partial charge in [0.15, 0.2) is 5.82 Å². The molecule has 1 aliphatic heterocycles. The van der Waals surface area contributed by atoms with E-state index in [4.69, 9.17) is 19.3 Å². The lowest BCUT2D eigenvalue weighted by Gasteiger charge is -2.32. The lowest BCUT2D eigenvalue weighted by Crippen LogP contribution is -2.41. The fraction of sp³-hybridized carbons (Fsp3) is 0.143. The quantitative estimate of drug-likeness (QED) is 0.182. The van der Waals surface area contributed by atoms with Crippen molar-refractivity contribution in [3.63, 3.8) is 0 Å². The molecule has 0 unspecified atom stereocenters. The van der Waals surface area contributed by atoms with Gasteiger partial charge in [0, 0.05) is 16.7 Å². The number of aromatic nitrogens is 2. The van der Waals surface area contributed by atoms with Gasteiger partial charge in [-0.25, -0.2) is 9.97 Å². The summed E-state index contributed by atoms with van der Waals surface area (Å²) in [6.45, 7) is 8.32. The molecule has 5 heteroatoms. The molecule has 4 nitrogen and oxygen atoms in total. The summed E-state index contributed by atoms with van der Waals surface area (Å²) in [5, 5.41) is 4.76. The SMILES string of the molecule is CC1(C)OB(c2ccc(-c3ccc(-c4cc(-c5ccc6ccccc6c5)nc(-c5ccc6ccccc6c5)n4)cc3)cc2)OC1(C)C. The summed E-state index contributed by atoms with van der Waals surface area (Å²) in [6, 6.07) is 48.9. The average molecular weight is 611 g/mol. The monoisotopic (exact) mass is 610 g/mol. The molecule has 0 spiro atoms. The predicted molar refractivity (Wildman–Crippen MR) is 195 cm³/mol. The minimum Gasteiger partial charge on any atom is -0.399 e. The highest BCUT2D eigenvalue weighted by Gasteiger charge is 2.51. The van der Waals surface area contributed by atoms with Crippen LogP contribution in [-0.4, -0.2) is 28.3 Å². The van der Waals surface area contributed by atoms with Crippen LogP contribution >= 0.6 is 0 Å². The second kappa shape index (κ2) is 11.3. The molecular weight excluding hydrogens is 575 g/mol. The zero-order valence-electron chi connectivity index (χ0n) is 27.1. The summed E-state index contributed by atoms with van der Waals surface area (Å²) >= 11 is 0. The maximum Gasteiger partial charge on any atom is 0.494 e. The Morgan fingerprint density at radius 3 is 1.43 bits per heavy atom. The molecule has 6 aromatic carbocycles. The van der Waals surface area contributed by atoms with Crippen LogP contribution in [0.2, 0.25) is 0 Å². The lowest BCUT2D eigenvalue weighted by atomic mass is 9.78. The van der Waals surface area contributed by atoms with Crippen molar-refractivity contribution in [3.8, 4) is 45.0 Å². The fourth-order valence-electron chi connectivity index (χ4n) is 6.19. The van der Waals surface area contributed by atoms with Gasteiger partial charge in [-0.1, -0.05) is 121 Å². The normalized spacial score (nSPS) is 15.4. The summed E-state index contributed by atoms with van der Waals surface area (Å²) < 4.78 is 12.5. The average Bonchev–Trinajstić information content (AvgIpc) is 3.33. The molecule has 0 N–H and O–H groups in total. The van der Waals surface area contributed by atoms with Crippen LogP contribution in [-0.2, 0) is 9.31 Å². The van der Waals surface area contributed by atoms with Crippen molar-refractivity contribution in [3.05, 3.63) is 140 Å². The van der Waals surface area contributed by atoms with Crippen molar-refractivity contribution < 1.29 is 9.31 Å². The number of hydrogen-bond donors (Lipinski definition) is 0. The highest BCUT2D eigenvalue weighted by atomic mass is 16.7. The third-order valence-corrected chi connectivity index (χ3v) is 9.73. The smallest absolute Gasteiger partial charge is 0.399 e. The van der Waals surface area contributed by atoms with Crippen LogP contribution in [0.4, 0.5) is 0 Å². The fourth-order valence-corrected chi connectivity index (χ4v) is 6.19. The molecule has 0 radical (unpaired) electrons. The number of benzene rings is 6. The molecule has 0 aliphatic carbocycles. The highest BCUT2D eigenvalue weighted by molar-refractivity contribution is 6.62. The van der Waals surface area contributed by atoms with E-state index in [2.05, 4.69) is 167 Å². The standard InChI is InChI=1S/C42H35BN2O2/c1-41(2)42(3,4)47-43(46-41)37-23-21-31(22-24-37)30-13-17-32(18-14-30)38-27-39(35-19-15-28-9-5-7-11-33(28)25-35)45-40(44-38)36-20-16-29-10-6-8-12-34(29)26-36/h5-27H,1-4H3. The summed E-state index contributed by atoms with van der Waals surface area (Å²) in [6.07, 6.45) is 0. The van der Waals surface area contributed by atoms with Crippen molar-refractivity contribution >= 4 is 34.1 Å². The molecule has 8 rings (SSSR count). The van der Waals surface area contributed by atoms with Crippen molar-refractivity contribution in [2.45, 2.75) is 38.9 Å². The minimum absolute atomic E-state index is 0.366. The third kappa shape index (κ3) is 5.52. The van der Waals surface area contributed by atoms with E-state index in [-0.39, 0.29) is 18.3 Å². The van der Waals surface area contributed by atoms with Crippen LogP contribution in [0.1, 0.15) is 27.7 Å². The molecule has 0 atom stereocenters. The van der Waals surface area contributed by atoms with Crippen LogP contribution in [0.25, 0.3) is 66.6 Å². The van der Waals surface area contributed by atoms with Gasteiger partial charge in [-0.15, -0.1) is 0 Å². The maximum absolute atomic E-state index is 6.25. The maximum atomic E-state index is 6.25. The van der Waals surface area contributed by atoms with Crippen LogP contribution in [0, 0.1) is 0 Å². The van der Waals surface area contributed by atoms with Gasteiger partial charge in [0.2, 0.25) is 0 Å². The van der Waals surface area contributed by atoms with Gasteiger partial charge in [-0.3, -0.25) is 0 Å². The summed E-state index contributed by atoms with van der Waals surface area (Å²) in [7, 11) is -0.372. The Kier molecular flexibility index (Phi) is 7.05. The predicted octanol–water partition coefficient (Wildman–Crippen LogP) is 9.75. The Hall–Kier alpha value is -5.10. The molecule has 1 aliphatic rings. The summed E-state index contributed by atoms with van der Waals surface area (Å²) in [5.41, 5.74) is 7.42. The first-order valence-electron chi connectivity index (χ1n) is 16.2. The van der Waals surface area contributed by atoms with Gasteiger partial charge in [0.05, 0.1) is 22.6 Å². The Morgan fingerprint density at radius 2 is 0.851 bits per heavy atom. The van der Waals surface area contributed by atoms with E-state index in [0.717, 1.165) is 44.7 Å². The van der Waals surface area contributed by atoms with E-state index in [1.807, 2.05) is 0 Å². The molecular formula is C42H35BN2O2. The van der Waals surface area contributed by atoms with Crippen molar-refractivity contribution in [1.29, 1.82) is 0 Å². The van der Waals surface area contributed by atoms with E-state index < -0.39 is 0 Å². The van der Waals surface area contributed by atoms with Gasteiger partial charge in [-0.2, -0.15) is 0 Å². The first-order chi connectivity index (χ1) is 22.7. The Bertz CT molecular complexity index is 2150. The molecule has 2 heterocycles. The van der Waals surface area contributed by atoms with Crippen LogP contribution in [0.3, 0.4) is 0 Å². The molecule has 0 bridgehead atoms. The van der Waals surface area contributed by atoms with E-state index in [1.54, 1.807) is 0 Å². The largest absolute Gasteiger partial charge is 0.494 e. The Morgan fingerprint density at radius 1 is 0.426 bits per heavy atom. The van der Waals surface area contributed by atoms with Crippen molar-refractivity contribution in [1.82, 2.24) is 9.97 Å². The van der Waals surface area contributed by atoms with E-state index >= 15 is 0 Å². The second-order valence-electron chi connectivity index (χ2n) is 13.4. The highest BCUT2D eigenvalue weighted by Crippen LogP contribution is 2.37. The van der Waals surface area contributed by atoms with Crippen LogP contribution in [0.15, 0.2) is 140 Å². The summed E-state index contributed by atoms with van der Waals surface area (Å²) in [5.74, 6) is 0.707. The minimum atomic E-state index is -0.372. The van der Waals surface area contributed by atoms with Gasteiger partial charge in [-0.05, 0) is 84.0 Å². The number of nitrogens with zero attached hydrogens (tertiary/aromatic N) is 2. The molecule has 7 aromatic rings. The molecule has 47 heavy (non-hydrogen) atoms. The van der Waals surface area contributed by atoms with Gasteiger partial charge >= 0.3 is 7.12 Å². The second-order valence-corrected chi connectivity index (χ2v) is 13.4. The molecule has 1 saturated heterocycles. The molecule has 228 valence electrons. The number of rotatable bonds is 5. The summed E-state index contributed by atoms with van der Waals surface area (Å²) in [4.78, 5) is 10.2. The Balaban J connectivity index is 1.14.